The first-order valence-corrected chi connectivity index (χ1v) is 9.33. The zero-order valence-corrected chi connectivity index (χ0v) is 14.6. The van der Waals surface area contributed by atoms with Gasteiger partial charge in [-0.3, -0.25) is 4.79 Å². The van der Waals surface area contributed by atoms with Crippen molar-refractivity contribution in [2.75, 3.05) is 6.54 Å². The Morgan fingerprint density at radius 1 is 1.38 bits per heavy atom. The number of aromatic nitrogens is 2. The molecule has 6 nitrogen and oxygen atoms in total. The number of hydrogen-bond acceptors (Lipinski definition) is 4. The predicted molar refractivity (Wildman–Crippen MR) is 98.2 cm³/mol. The number of nitrogens with zero attached hydrogens (tertiary/aromatic N) is 4. The molecule has 0 radical (unpaired) electrons. The molecule has 1 aromatic heterocycles. The zero-order chi connectivity index (χ0) is 16.9. The van der Waals surface area contributed by atoms with E-state index in [1.807, 2.05) is 36.9 Å². The number of aromatic amines is 1. The minimum Gasteiger partial charge on any atom is -0.309 e. The molecule has 2 aromatic rings. The molecule has 1 heterocycles. The lowest BCUT2D eigenvalue weighted by Gasteiger charge is -2.27. The Kier molecular flexibility index (Phi) is 5.43. The van der Waals surface area contributed by atoms with Gasteiger partial charge in [0.25, 0.3) is 5.56 Å². The molecule has 0 spiro atoms. The van der Waals surface area contributed by atoms with Crippen LogP contribution in [0.5, 0.6) is 0 Å². The molecule has 0 unspecified atom stereocenters. The third-order valence-corrected chi connectivity index (χ3v) is 6.02. The quantitative estimate of drug-likeness (QED) is 0.497. The first-order valence-electron chi connectivity index (χ1n) is 8.28. The van der Waals surface area contributed by atoms with Crippen LogP contribution in [0.3, 0.4) is 0 Å². The van der Waals surface area contributed by atoms with Gasteiger partial charge >= 0.3 is 0 Å². The molecule has 1 aliphatic rings. The maximum Gasteiger partial charge on any atom is 0.258 e. The van der Waals surface area contributed by atoms with E-state index in [1.54, 1.807) is 0 Å². The fraction of sp³-hybridized carbons (Fsp3) is 0.529. The first-order chi connectivity index (χ1) is 11.7. The molecule has 0 amide bonds. The Labute approximate surface area is 144 Å². The summed E-state index contributed by atoms with van der Waals surface area (Å²) in [5, 5.41) is 4.93. The number of para-hydroxylation sites is 1. The van der Waals surface area contributed by atoms with E-state index in [2.05, 4.69) is 20.0 Å². The fourth-order valence-electron chi connectivity index (χ4n) is 3.25. The zero-order valence-electron chi connectivity index (χ0n) is 13.7. The van der Waals surface area contributed by atoms with Crippen LogP contribution in [0.1, 0.15) is 37.1 Å². The van der Waals surface area contributed by atoms with Gasteiger partial charge in [-0.05, 0) is 55.7 Å². The van der Waals surface area contributed by atoms with Crippen molar-refractivity contribution in [3.63, 3.8) is 0 Å². The number of aryl methyl sites for hydroxylation is 1. The summed E-state index contributed by atoms with van der Waals surface area (Å²) >= 11 is 1.86. The van der Waals surface area contributed by atoms with Crippen LogP contribution >= 0.6 is 11.8 Å². The van der Waals surface area contributed by atoms with Crippen LogP contribution in [-0.4, -0.2) is 21.8 Å². The standard InChI is InChI=1S/C17H21N5OS/c1-11-3-2-4-14-16(11)20-15(21-17(14)23)10-24-13-7-5-12(6-8-13)9-19-22-18/h2-4,12-13H,5-10H2,1H3,(H,20,21,23). The minimum absolute atomic E-state index is 0.0580. The van der Waals surface area contributed by atoms with Gasteiger partial charge in [-0.25, -0.2) is 4.98 Å². The van der Waals surface area contributed by atoms with Crippen LogP contribution in [0.15, 0.2) is 28.1 Å². The van der Waals surface area contributed by atoms with Crippen LogP contribution in [-0.2, 0) is 5.75 Å². The highest BCUT2D eigenvalue weighted by Gasteiger charge is 2.21. The van der Waals surface area contributed by atoms with Crippen LogP contribution in [0, 0.1) is 12.8 Å². The first kappa shape index (κ1) is 16.9. The Balaban J connectivity index is 1.61. The van der Waals surface area contributed by atoms with E-state index >= 15 is 0 Å². The van der Waals surface area contributed by atoms with Gasteiger partial charge in [-0.2, -0.15) is 11.8 Å². The van der Waals surface area contributed by atoms with E-state index < -0.39 is 0 Å². The molecule has 1 fully saturated rings. The highest BCUT2D eigenvalue weighted by Crippen LogP contribution is 2.33. The van der Waals surface area contributed by atoms with E-state index in [-0.39, 0.29) is 5.56 Å². The molecule has 7 heteroatoms. The average Bonchev–Trinajstić information content (AvgIpc) is 2.60. The summed E-state index contributed by atoms with van der Waals surface area (Å²) in [6.45, 7) is 2.60. The Morgan fingerprint density at radius 2 is 2.17 bits per heavy atom. The molecule has 0 atom stereocenters. The summed E-state index contributed by atoms with van der Waals surface area (Å²) in [5.74, 6) is 2.01. The summed E-state index contributed by atoms with van der Waals surface area (Å²) in [6.07, 6.45) is 4.48. The summed E-state index contributed by atoms with van der Waals surface area (Å²) < 4.78 is 0. The van der Waals surface area contributed by atoms with Crippen molar-refractivity contribution < 1.29 is 0 Å². The van der Waals surface area contributed by atoms with Crippen LogP contribution in [0.2, 0.25) is 0 Å². The minimum atomic E-state index is -0.0580. The molecule has 1 aromatic carbocycles. The lowest BCUT2D eigenvalue weighted by atomic mass is 9.89. The molecule has 24 heavy (non-hydrogen) atoms. The van der Waals surface area contributed by atoms with Crippen molar-refractivity contribution in [2.24, 2.45) is 11.0 Å². The van der Waals surface area contributed by atoms with Crippen LogP contribution in [0.25, 0.3) is 21.3 Å². The topological polar surface area (TPSA) is 94.5 Å². The summed E-state index contributed by atoms with van der Waals surface area (Å²) in [4.78, 5) is 22.6. The second-order valence-corrected chi connectivity index (χ2v) is 7.64. The number of nitrogens with one attached hydrogen (secondary N) is 1. The number of fused-ring (bicyclic) bond motifs is 1. The average molecular weight is 343 g/mol. The van der Waals surface area contributed by atoms with E-state index in [4.69, 9.17) is 5.53 Å². The molecule has 1 N–H and O–H groups in total. The molecule has 0 bridgehead atoms. The Bertz CT molecular complexity index is 819. The van der Waals surface area contributed by atoms with Crippen molar-refractivity contribution in [1.82, 2.24) is 9.97 Å². The van der Waals surface area contributed by atoms with Crippen LogP contribution in [0.4, 0.5) is 0 Å². The molecule has 1 aliphatic carbocycles. The normalized spacial score (nSPS) is 20.7. The van der Waals surface area contributed by atoms with E-state index in [9.17, 15) is 4.79 Å². The molecule has 0 saturated heterocycles. The number of thioether (sulfide) groups is 1. The van der Waals surface area contributed by atoms with Gasteiger partial charge in [-0.1, -0.05) is 17.2 Å². The summed E-state index contributed by atoms with van der Waals surface area (Å²) in [7, 11) is 0. The molecule has 126 valence electrons. The van der Waals surface area contributed by atoms with Gasteiger partial charge in [-0.15, -0.1) is 0 Å². The lowest BCUT2D eigenvalue weighted by Crippen LogP contribution is -2.19. The van der Waals surface area contributed by atoms with Gasteiger partial charge in [0.2, 0.25) is 0 Å². The van der Waals surface area contributed by atoms with Crippen molar-refractivity contribution in [3.05, 3.63) is 50.4 Å². The fourth-order valence-corrected chi connectivity index (χ4v) is 4.39. The SMILES string of the molecule is Cc1cccc2c(=O)[nH]c(CSC3CCC(CN=[N+]=[N-])CC3)nc12. The van der Waals surface area contributed by atoms with Crippen molar-refractivity contribution in [2.45, 2.75) is 43.6 Å². The number of hydrogen-bond donors (Lipinski definition) is 1. The third-order valence-electron chi connectivity index (χ3n) is 4.64. The van der Waals surface area contributed by atoms with E-state index in [0.717, 1.165) is 48.3 Å². The molecule has 1 saturated carbocycles. The second kappa shape index (κ2) is 7.73. The van der Waals surface area contributed by atoms with E-state index in [1.165, 1.54) is 0 Å². The van der Waals surface area contributed by atoms with Crippen molar-refractivity contribution >= 4 is 22.7 Å². The van der Waals surface area contributed by atoms with Gasteiger partial charge in [0.05, 0.1) is 16.7 Å². The Hall–Kier alpha value is -1.98. The van der Waals surface area contributed by atoms with Gasteiger partial charge < -0.3 is 4.98 Å². The molecular formula is C17H21N5OS. The number of benzene rings is 1. The monoisotopic (exact) mass is 343 g/mol. The van der Waals surface area contributed by atoms with Crippen molar-refractivity contribution in [3.8, 4) is 0 Å². The number of H-pyrrole nitrogens is 1. The third kappa shape index (κ3) is 3.91. The summed E-state index contributed by atoms with van der Waals surface area (Å²) in [5.41, 5.74) is 10.2. The summed E-state index contributed by atoms with van der Waals surface area (Å²) in [6, 6.07) is 5.69. The highest BCUT2D eigenvalue weighted by atomic mass is 32.2. The Morgan fingerprint density at radius 3 is 2.92 bits per heavy atom. The van der Waals surface area contributed by atoms with Crippen LogP contribution < -0.4 is 5.56 Å². The van der Waals surface area contributed by atoms with Gasteiger partial charge in [0.1, 0.15) is 5.82 Å². The molecule has 3 rings (SSSR count). The second-order valence-electron chi connectivity index (χ2n) is 6.35. The smallest absolute Gasteiger partial charge is 0.258 e. The molecule has 0 aliphatic heterocycles. The van der Waals surface area contributed by atoms with Gasteiger partial charge in [0.15, 0.2) is 0 Å². The van der Waals surface area contributed by atoms with Gasteiger partial charge in [0, 0.05) is 16.7 Å². The molecular weight excluding hydrogens is 322 g/mol. The largest absolute Gasteiger partial charge is 0.309 e. The van der Waals surface area contributed by atoms with Crippen molar-refractivity contribution in [1.29, 1.82) is 0 Å². The lowest BCUT2D eigenvalue weighted by molar-refractivity contribution is 0.373. The van der Waals surface area contributed by atoms with E-state index in [0.29, 0.717) is 23.1 Å². The number of azide groups is 1. The predicted octanol–water partition coefficient (Wildman–Crippen LogP) is 4.33. The maximum absolute atomic E-state index is 12.2. The number of rotatable bonds is 5. The maximum atomic E-state index is 12.2. The highest BCUT2D eigenvalue weighted by molar-refractivity contribution is 7.99.